The first-order valence-electron chi connectivity index (χ1n) is 23.6. The van der Waals surface area contributed by atoms with Crippen LogP contribution in [0.2, 0.25) is 0 Å². The lowest BCUT2D eigenvalue weighted by molar-refractivity contribution is -0.313. The monoisotopic (exact) mass is 807 g/mol. The number of carbonyl (C=O) groups excluding carboxylic acids is 1. The molecule has 0 radical (unpaired) electrons. The predicted molar refractivity (Wildman–Crippen MR) is 235 cm³/mol. The number of fused-ring (bicyclic) bond motifs is 5. The number of hydrogen-bond acceptors (Lipinski definition) is 7. The van der Waals surface area contributed by atoms with Crippen LogP contribution in [0.4, 0.5) is 0 Å². The lowest BCUT2D eigenvalue weighted by Gasteiger charge is -2.58. The molecule has 328 valence electrons. The molecule has 14 unspecified atom stereocenters. The van der Waals surface area contributed by atoms with E-state index >= 15 is 0 Å². The van der Waals surface area contributed by atoms with Gasteiger partial charge in [-0.15, -0.1) is 0 Å². The number of esters is 1. The lowest BCUT2D eigenvalue weighted by atomic mass is 9.47. The fourth-order valence-electron chi connectivity index (χ4n) is 12.3. The number of aliphatic hydroxyl groups is 3. The van der Waals surface area contributed by atoms with Crippen LogP contribution in [0.3, 0.4) is 0 Å². The summed E-state index contributed by atoms with van der Waals surface area (Å²) in [6.07, 6.45) is 30.8. The van der Waals surface area contributed by atoms with Gasteiger partial charge in [-0.05, 0) is 142 Å². The Labute approximate surface area is 352 Å². The summed E-state index contributed by atoms with van der Waals surface area (Å²) >= 11 is 0. The van der Waals surface area contributed by atoms with Gasteiger partial charge in [-0.2, -0.15) is 0 Å². The number of ether oxygens (including phenoxy) is 3. The van der Waals surface area contributed by atoms with Gasteiger partial charge in [-0.25, -0.2) is 0 Å². The molecule has 0 spiro atoms. The highest BCUT2D eigenvalue weighted by Gasteiger charge is 2.59. The summed E-state index contributed by atoms with van der Waals surface area (Å²) in [7, 11) is 0. The van der Waals surface area contributed by atoms with Crippen molar-refractivity contribution >= 4 is 5.97 Å². The van der Waals surface area contributed by atoms with E-state index in [0.29, 0.717) is 17.8 Å². The Kier molecular flexibility index (Phi) is 18.0. The topological polar surface area (TPSA) is 105 Å². The van der Waals surface area contributed by atoms with Crippen molar-refractivity contribution in [1.82, 2.24) is 0 Å². The Balaban J connectivity index is 1.07. The second kappa shape index (κ2) is 22.2. The van der Waals surface area contributed by atoms with Crippen molar-refractivity contribution in [3.63, 3.8) is 0 Å². The summed E-state index contributed by atoms with van der Waals surface area (Å²) < 4.78 is 17.9. The average molecular weight is 807 g/mol. The van der Waals surface area contributed by atoms with Gasteiger partial charge in [0.05, 0.1) is 6.10 Å². The van der Waals surface area contributed by atoms with Crippen LogP contribution >= 0.6 is 0 Å². The normalized spacial score (nSPS) is 37.7. The van der Waals surface area contributed by atoms with Crippen LogP contribution in [-0.4, -0.2) is 64.7 Å². The number of allylic oxidation sites excluding steroid dienone is 9. The van der Waals surface area contributed by atoms with Crippen LogP contribution in [-0.2, 0) is 19.0 Å². The van der Waals surface area contributed by atoms with Gasteiger partial charge in [0.15, 0.2) is 6.29 Å². The van der Waals surface area contributed by atoms with Crippen molar-refractivity contribution in [1.29, 1.82) is 0 Å². The quantitative estimate of drug-likeness (QED) is 0.0831. The van der Waals surface area contributed by atoms with Crippen LogP contribution in [0.1, 0.15) is 158 Å². The molecular formula is C51H82O7. The van der Waals surface area contributed by atoms with E-state index in [1.54, 1.807) is 0 Å². The van der Waals surface area contributed by atoms with Crippen molar-refractivity contribution in [3.8, 4) is 0 Å². The molecule has 0 amide bonds. The predicted octanol–water partition coefficient (Wildman–Crippen LogP) is 11.0. The summed E-state index contributed by atoms with van der Waals surface area (Å²) in [6, 6.07) is 0. The first-order chi connectivity index (χ1) is 27.8. The molecule has 0 aromatic carbocycles. The Morgan fingerprint density at radius 2 is 1.53 bits per heavy atom. The van der Waals surface area contributed by atoms with Gasteiger partial charge in [0.1, 0.15) is 31.0 Å². The molecule has 0 bridgehead atoms. The van der Waals surface area contributed by atoms with Crippen molar-refractivity contribution in [3.05, 3.63) is 60.3 Å². The SMILES string of the molecule is CC/C=C\C/C=C\C/C=C\C/C=C\CCC(=O)OCC1OC(OC2CCC3(C)C(=CCC4C3CCC3(C)C(C(C)CCC(CC)C(C)C)CCC43)C2)C(O)C(O)C1O. The number of carbonyl (C=O) groups is 1. The second-order valence-electron chi connectivity index (χ2n) is 19.7. The largest absolute Gasteiger partial charge is 0.463 e. The van der Waals surface area contributed by atoms with Gasteiger partial charge >= 0.3 is 5.97 Å². The van der Waals surface area contributed by atoms with E-state index in [0.717, 1.165) is 86.9 Å². The van der Waals surface area contributed by atoms with Gasteiger partial charge in [-0.1, -0.05) is 122 Å². The Bertz CT molecular complexity index is 1430. The van der Waals surface area contributed by atoms with E-state index < -0.39 is 36.7 Å². The first-order valence-corrected chi connectivity index (χ1v) is 23.6. The zero-order valence-corrected chi connectivity index (χ0v) is 37.4. The number of aliphatic hydroxyl groups excluding tert-OH is 3. The third-order valence-corrected chi connectivity index (χ3v) is 15.9. The van der Waals surface area contributed by atoms with Gasteiger partial charge in [0.2, 0.25) is 0 Å². The van der Waals surface area contributed by atoms with E-state index in [-0.39, 0.29) is 24.5 Å². The molecule has 5 rings (SSSR count). The molecule has 1 aliphatic heterocycles. The molecule has 0 aromatic heterocycles. The van der Waals surface area contributed by atoms with Crippen LogP contribution in [0.25, 0.3) is 0 Å². The number of hydrogen-bond donors (Lipinski definition) is 3. The molecule has 4 aliphatic carbocycles. The zero-order chi connectivity index (χ0) is 41.9. The van der Waals surface area contributed by atoms with Gasteiger partial charge in [-0.3, -0.25) is 4.79 Å². The molecule has 7 nitrogen and oxygen atoms in total. The van der Waals surface area contributed by atoms with Gasteiger partial charge < -0.3 is 29.5 Å². The van der Waals surface area contributed by atoms with E-state index in [9.17, 15) is 20.1 Å². The van der Waals surface area contributed by atoms with Crippen molar-refractivity contribution < 1.29 is 34.3 Å². The summed E-state index contributed by atoms with van der Waals surface area (Å²) in [4.78, 5) is 12.5. The zero-order valence-electron chi connectivity index (χ0n) is 37.4. The van der Waals surface area contributed by atoms with Crippen molar-refractivity contribution in [2.75, 3.05) is 6.61 Å². The Hall–Kier alpha value is -2.03. The molecule has 7 heteroatoms. The minimum atomic E-state index is -1.46. The lowest BCUT2D eigenvalue weighted by Crippen LogP contribution is -2.60. The fourth-order valence-corrected chi connectivity index (χ4v) is 12.3. The molecule has 0 aromatic rings. The summed E-state index contributed by atoms with van der Waals surface area (Å²) in [5.74, 6) is 5.10. The molecule has 4 fully saturated rings. The molecule has 58 heavy (non-hydrogen) atoms. The highest BCUT2D eigenvalue weighted by Crippen LogP contribution is 2.67. The minimum absolute atomic E-state index is 0.157. The van der Waals surface area contributed by atoms with Crippen molar-refractivity contribution in [2.24, 2.45) is 52.3 Å². The van der Waals surface area contributed by atoms with E-state index in [1.807, 2.05) is 12.2 Å². The van der Waals surface area contributed by atoms with Crippen LogP contribution in [0.5, 0.6) is 0 Å². The molecule has 14 atom stereocenters. The number of rotatable bonds is 20. The molecule has 1 heterocycles. The maximum atomic E-state index is 12.5. The molecule has 5 aliphatic rings. The van der Waals surface area contributed by atoms with E-state index in [2.05, 4.69) is 91.0 Å². The summed E-state index contributed by atoms with van der Waals surface area (Å²) in [5, 5.41) is 32.4. The molecular weight excluding hydrogens is 725 g/mol. The summed E-state index contributed by atoms with van der Waals surface area (Å²) in [5.41, 5.74) is 2.10. The molecule has 3 N–H and O–H groups in total. The van der Waals surface area contributed by atoms with E-state index in [4.69, 9.17) is 14.2 Å². The third kappa shape index (κ3) is 11.5. The van der Waals surface area contributed by atoms with Crippen molar-refractivity contribution in [2.45, 2.75) is 194 Å². The maximum Gasteiger partial charge on any atom is 0.306 e. The standard InChI is InChI=1S/C51H82O7/c1-8-10-11-12-13-14-15-16-17-18-19-20-21-22-45(52)56-34-44-46(53)47(54)48(55)49(58-44)57-39-29-31-50(6)38(33-39)25-26-40-42-28-27-41(51(42,7)32-30-43(40)50)36(5)23-24-37(9-2)35(3)4/h10-11,13-14,16-17,19-20,25,35-37,39-44,46-49,53-55H,8-9,12,15,18,21-24,26-34H2,1-7H3/b11-10-,14-13-,17-16-,20-19-. The Morgan fingerprint density at radius 3 is 2.21 bits per heavy atom. The fraction of sp³-hybridized carbons (Fsp3) is 0.784. The van der Waals surface area contributed by atoms with Crippen LogP contribution in [0.15, 0.2) is 60.3 Å². The first kappa shape index (κ1) is 47.0. The van der Waals surface area contributed by atoms with Gasteiger partial charge in [0, 0.05) is 6.42 Å². The van der Waals surface area contributed by atoms with E-state index in [1.165, 1.54) is 50.5 Å². The second-order valence-corrected chi connectivity index (χ2v) is 19.7. The Morgan fingerprint density at radius 1 is 0.845 bits per heavy atom. The highest BCUT2D eigenvalue weighted by molar-refractivity contribution is 5.69. The van der Waals surface area contributed by atoms with Gasteiger partial charge in [0.25, 0.3) is 0 Å². The average Bonchev–Trinajstić information content (AvgIpc) is 3.56. The molecule has 1 saturated heterocycles. The third-order valence-electron chi connectivity index (χ3n) is 15.9. The van der Waals surface area contributed by atoms with Crippen LogP contribution < -0.4 is 0 Å². The smallest absolute Gasteiger partial charge is 0.306 e. The highest BCUT2D eigenvalue weighted by atomic mass is 16.7. The minimum Gasteiger partial charge on any atom is -0.463 e. The molecule has 3 saturated carbocycles. The van der Waals surface area contributed by atoms with Crippen LogP contribution in [0, 0.1) is 52.3 Å². The summed E-state index contributed by atoms with van der Waals surface area (Å²) in [6.45, 7) is 16.8. The maximum absolute atomic E-state index is 12.5.